The third kappa shape index (κ3) is 2.45. The van der Waals surface area contributed by atoms with Crippen molar-refractivity contribution >= 4 is 11.8 Å². The van der Waals surface area contributed by atoms with Crippen molar-refractivity contribution in [2.24, 2.45) is 0 Å². The number of ether oxygens (including phenoxy) is 1. The molecule has 94 valence electrons. The molecule has 0 saturated heterocycles. The van der Waals surface area contributed by atoms with Crippen LogP contribution in [-0.2, 0) is 12.8 Å². The first-order valence-corrected chi connectivity index (χ1v) is 7.29. The van der Waals surface area contributed by atoms with Gasteiger partial charge >= 0.3 is 0 Å². The monoisotopic (exact) mass is 251 g/mol. The zero-order valence-electron chi connectivity index (χ0n) is 11.1. The Hall–Kier alpha value is -0.670. The molecule has 0 aliphatic heterocycles. The van der Waals surface area contributed by atoms with E-state index in [2.05, 4.69) is 37.4 Å². The molecule has 0 heterocycles. The van der Waals surface area contributed by atoms with E-state index in [9.17, 15) is 0 Å². The van der Waals surface area contributed by atoms with Crippen molar-refractivity contribution in [2.75, 3.05) is 27.5 Å². The number of nitrogens with zero attached hydrogens (tertiary/aromatic N) is 1. The van der Waals surface area contributed by atoms with Crippen LogP contribution in [0.5, 0.6) is 5.75 Å². The maximum Gasteiger partial charge on any atom is 0.122 e. The summed E-state index contributed by atoms with van der Waals surface area (Å²) in [7, 11) is 6.11. The lowest BCUT2D eigenvalue weighted by Crippen LogP contribution is -2.33. The lowest BCUT2D eigenvalue weighted by Gasteiger charge is -2.31. The molecule has 1 aromatic carbocycles. The first-order chi connectivity index (χ1) is 8.17. The van der Waals surface area contributed by atoms with Crippen LogP contribution in [0.3, 0.4) is 0 Å². The maximum absolute atomic E-state index is 5.51. The van der Waals surface area contributed by atoms with Gasteiger partial charge in [-0.25, -0.2) is 0 Å². The summed E-state index contributed by atoms with van der Waals surface area (Å²) in [5.74, 6) is 1.06. The van der Waals surface area contributed by atoms with Gasteiger partial charge in [0.25, 0.3) is 0 Å². The van der Waals surface area contributed by atoms with E-state index < -0.39 is 0 Å². The van der Waals surface area contributed by atoms with E-state index in [1.807, 2.05) is 11.8 Å². The van der Waals surface area contributed by atoms with E-state index in [4.69, 9.17) is 4.74 Å². The summed E-state index contributed by atoms with van der Waals surface area (Å²) >= 11 is 1.84. The topological polar surface area (TPSA) is 12.5 Å². The second-order valence-corrected chi connectivity index (χ2v) is 5.64. The predicted molar refractivity (Wildman–Crippen MR) is 74.3 cm³/mol. The Kier molecular flexibility index (Phi) is 4.00. The number of methoxy groups -OCH3 is 1. The van der Waals surface area contributed by atoms with Gasteiger partial charge in [0, 0.05) is 10.9 Å². The lowest BCUT2D eigenvalue weighted by molar-refractivity contribution is 0.263. The molecule has 0 amide bonds. The normalized spacial score (nSPS) is 19.2. The van der Waals surface area contributed by atoms with E-state index in [0.29, 0.717) is 6.04 Å². The van der Waals surface area contributed by atoms with Gasteiger partial charge in [0.15, 0.2) is 0 Å². The Bertz CT molecular complexity index is 403. The fourth-order valence-corrected chi connectivity index (χ4v) is 3.30. The zero-order valence-corrected chi connectivity index (χ0v) is 11.9. The van der Waals surface area contributed by atoms with Crippen LogP contribution < -0.4 is 4.74 Å². The van der Waals surface area contributed by atoms with Gasteiger partial charge in [-0.3, -0.25) is 0 Å². The Balaban J connectivity index is 2.40. The quantitative estimate of drug-likeness (QED) is 0.767. The number of likely N-dealkylation sites (N-methyl/N-ethyl adjacent to an activating group) is 1. The SMILES string of the molecule is COc1ccc(SC)c2c1CC(N(C)C)CC2. The van der Waals surface area contributed by atoms with E-state index in [0.717, 1.165) is 12.2 Å². The zero-order chi connectivity index (χ0) is 12.4. The molecule has 0 N–H and O–H groups in total. The van der Waals surface area contributed by atoms with E-state index in [-0.39, 0.29) is 0 Å². The molecule has 3 heteroatoms. The number of benzene rings is 1. The summed E-state index contributed by atoms with van der Waals surface area (Å²) in [6, 6.07) is 4.95. The molecule has 0 radical (unpaired) electrons. The average molecular weight is 251 g/mol. The van der Waals surface area contributed by atoms with Gasteiger partial charge in [0.05, 0.1) is 7.11 Å². The molecule has 2 rings (SSSR count). The third-order valence-electron chi connectivity index (χ3n) is 3.68. The molecule has 0 saturated carbocycles. The standard InChI is InChI=1S/C14H21NOS/c1-15(2)10-5-6-11-12(9-10)13(16-3)7-8-14(11)17-4/h7-8,10H,5-6,9H2,1-4H3. The number of rotatable bonds is 3. The Morgan fingerprint density at radius 2 is 2.06 bits per heavy atom. The van der Waals surface area contributed by atoms with Gasteiger partial charge in [0.2, 0.25) is 0 Å². The van der Waals surface area contributed by atoms with E-state index >= 15 is 0 Å². The summed E-state index contributed by atoms with van der Waals surface area (Å²) in [4.78, 5) is 3.74. The van der Waals surface area contributed by atoms with Crippen molar-refractivity contribution in [3.05, 3.63) is 23.3 Å². The van der Waals surface area contributed by atoms with Gasteiger partial charge in [-0.1, -0.05) is 0 Å². The highest BCUT2D eigenvalue weighted by Gasteiger charge is 2.24. The van der Waals surface area contributed by atoms with Crippen LogP contribution >= 0.6 is 11.8 Å². The summed E-state index contributed by atoms with van der Waals surface area (Å²) in [6.45, 7) is 0. The minimum atomic E-state index is 0.647. The van der Waals surface area contributed by atoms with Crippen molar-refractivity contribution in [3.63, 3.8) is 0 Å². The minimum Gasteiger partial charge on any atom is -0.496 e. The summed E-state index contributed by atoms with van der Waals surface area (Å²) in [5, 5.41) is 0. The molecular formula is C14H21NOS. The maximum atomic E-state index is 5.51. The molecular weight excluding hydrogens is 230 g/mol. The third-order valence-corrected chi connectivity index (χ3v) is 4.50. The molecule has 2 nitrogen and oxygen atoms in total. The van der Waals surface area contributed by atoms with Crippen molar-refractivity contribution in [3.8, 4) is 5.75 Å². The fourth-order valence-electron chi connectivity index (χ4n) is 2.62. The first-order valence-electron chi connectivity index (χ1n) is 6.06. The predicted octanol–water partition coefficient (Wildman–Crippen LogP) is 2.84. The van der Waals surface area contributed by atoms with Gasteiger partial charge < -0.3 is 9.64 Å². The molecule has 1 unspecified atom stereocenters. The van der Waals surface area contributed by atoms with Gasteiger partial charge in [-0.2, -0.15) is 0 Å². The van der Waals surface area contributed by atoms with Crippen LogP contribution in [0.15, 0.2) is 17.0 Å². The van der Waals surface area contributed by atoms with Crippen molar-refractivity contribution in [1.29, 1.82) is 0 Å². The highest BCUT2D eigenvalue weighted by molar-refractivity contribution is 7.98. The van der Waals surface area contributed by atoms with E-state index in [1.165, 1.54) is 28.9 Å². The summed E-state index contributed by atoms with van der Waals surface area (Å²) in [5.41, 5.74) is 2.93. The number of hydrogen-bond acceptors (Lipinski definition) is 3. The van der Waals surface area contributed by atoms with Crippen LogP contribution in [0.1, 0.15) is 17.5 Å². The first kappa shape index (κ1) is 12.8. The van der Waals surface area contributed by atoms with Crippen LogP contribution in [0.2, 0.25) is 0 Å². The largest absolute Gasteiger partial charge is 0.496 e. The summed E-state index contributed by atoms with van der Waals surface area (Å²) < 4.78 is 5.51. The van der Waals surface area contributed by atoms with Crippen LogP contribution in [0.25, 0.3) is 0 Å². The average Bonchev–Trinajstić information content (AvgIpc) is 2.36. The second-order valence-electron chi connectivity index (χ2n) is 4.79. The summed E-state index contributed by atoms with van der Waals surface area (Å²) in [6.07, 6.45) is 5.69. The minimum absolute atomic E-state index is 0.647. The van der Waals surface area contributed by atoms with Gasteiger partial charge in [-0.05, 0) is 62.9 Å². The molecule has 0 fully saturated rings. The molecule has 0 bridgehead atoms. The molecule has 0 spiro atoms. The fraction of sp³-hybridized carbons (Fsp3) is 0.571. The second kappa shape index (κ2) is 5.32. The molecule has 1 atom stereocenters. The van der Waals surface area contributed by atoms with Gasteiger partial charge in [0.1, 0.15) is 5.75 Å². The van der Waals surface area contributed by atoms with Crippen molar-refractivity contribution in [2.45, 2.75) is 30.2 Å². The van der Waals surface area contributed by atoms with Crippen LogP contribution in [0.4, 0.5) is 0 Å². The van der Waals surface area contributed by atoms with Crippen molar-refractivity contribution < 1.29 is 4.74 Å². The van der Waals surface area contributed by atoms with Crippen LogP contribution in [0, 0.1) is 0 Å². The Labute approximate surface area is 108 Å². The molecule has 0 aromatic heterocycles. The Morgan fingerprint density at radius 3 is 2.65 bits per heavy atom. The van der Waals surface area contributed by atoms with Gasteiger partial charge in [-0.15, -0.1) is 11.8 Å². The van der Waals surface area contributed by atoms with Crippen molar-refractivity contribution in [1.82, 2.24) is 4.90 Å². The molecule has 1 aromatic rings. The smallest absolute Gasteiger partial charge is 0.122 e. The molecule has 1 aliphatic rings. The number of thioether (sulfide) groups is 1. The number of hydrogen-bond donors (Lipinski definition) is 0. The highest BCUT2D eigenvalue weighted by atomic mass is 32.2. The lowest BCUT2D eigenvalue weighted by atomic mass is 9.87. The Morgan fingerprint density at radius 1 is 1.29 bits per heavy atom. The van der Waals surface area contributed by atoms with Crippen LogP contribution in [-0.4, -0.2) is 38.4 Å². The highest BCUT2D eigenvalue weighted by Crippen LogP contribution is 2.36. The number of fused-ring (bicyclic) bond motifs is 1. The molecule has 17 heavy (non-hydrogen) atoms. The molecule has 1 aliphatic carbocycles. The van der Waals surface area contributed by atoms with E-state index in [1.54, 1.807) is 7.11 Å².